The van der Waals surface area contributed by atoms with Crippen LogP contribution in [0.15, 0.2) is 23.7 Å². The molecule has 3 amide bonds. The summed E-state index contributed by atoms with van der Waals surface area (Å²) in [5, 5.41) is 15.9. The number of hydrogen-bond acceptors (Lipinski definition) is 9. The number of carbonyl (C=O) groups excluding carboxylic acids is 4. The van der Waals surface area contributed by atoms with Crippen molar-refractivity contribution in [3.63, 3.8) is 0 Å². The third-order valence-corrected chi connectivity index (χ3v) is 8.84. The number of nitrogens with one attached hydrogen (secondary N) is 2. The lowest BCUT2D eigenvalue weighted by Crippen LogP contribution is -2.59. The second-order valence-corrected chi connectivity index (χ2v) is 15.0. The number of carbonyl (C=O) groups is 4. The maximum absolute atomic E-state index is 14.5. The van der Waals surface area contributed by atoms with Gasteiger partial charge in [-0.25, -0.2) is 9.37 Å². The van der Waals surface area contributed by atoms with E-state index in [0.717, 1.165) is 16.1 Å². The van der Waals surface area contributed by atoms with Crippen LogP contribution >= 0.6 is 11.3 Å². The molecular formula is C33H45FN4O7S. The minimum absolute atomic E-state index is 0.0122. The van der Waals surface area contributed by atoms with E-state index < -0.39 is 58.6 Å². The molecule has 2 aliphatic rings. The fraction of sp³-hybridized carbons (Fsp3) is 0.606. The van der Waals surface area contributed by atoms with E-state index in [1.54, 1.807) is 47.1 Å². The number of halogens is 1. The summed E-state index contributed by atoms with van der Waals surface area (Å²) in [5.41, 5.74) is 0.750. The molecule has 1 saturated heterocycles. The third-order valence-electron chi connectivity index (χ3n) is 7.86. The number of amides is 3. The van der Waals surface area contributed by atoms with E-state index >= 15 is 0 Å². The Hall–Kier alpha value is -3.58. The topological polar surface area (TPSA) is 147 Å². The summed E-state index contributed by atoms with van der Waals surface area (Å²) in [4.78, 5) is 58.6. The highest BCUT2D eigenvalue weighted by atomic mass is 32.1. The molecule has 3 N–H and O–H groups in total. The van der Waals surface area contributed by atoms with Gasteiger partial charge in [0, 0.05) is 25.1 Å². The molecular weight excluding hydrogens is 615 g/mol. The molecule has 13 heteroatoms. The van der Waals surface area contributed by atoms with Crippen LogP contribution in [-0.2, 0) is 30.5 Å². The molecule has 1 saturated carbocycles. The Morgan fingerprint density at radius 3 is 2.46 bits per heavy atom. The van der Waals surface area contributed by atoms with Crippen LogP contribution in [0.25, 0.3) is 10.4 Å². The van der Waals surface area contributed by atoms with Gasteiger partial charge in [-0.3, -0.25) is 19.2 Å². The number of likely N-dealkylation sites (tertiary alicyclic amines) is 1. The second-order valence-electron chi connectivity index (χ2n) is 14.1. The molecule has 2 heterocycles. The maximum atomic E-state index is 14.5. The predicted molar refractivity (Wildman–Crippen MR) is 171 cm³/mol. The number of aromatic nitrogens is 1. The minimum Gasteiger partial charge on any atom is -0.493 e. The van der Waals surface area contributed by atoms with Crippen LogP contribution in [0, 0.1) is 12.3 Å². The first-order valence-corrected chi connectivity index (χ1v) is 16.4. The lowest BCUT2D eigenvalue weighted by Gasteiger charge is -2.35. The molecule has 0 bridgehead atoms. The number of aryl methyl sites for hydroxylation is 1. The molecule has 4 rings (SSSR count). The number of rotatable bonds is 11. The van der Waals surface area contributed by atoms with Crippen molar-refractivity contribution in [2.45, 2.75) is 110 Å². The monoisotopic (exact) mass is 660 g/mol. The summed E-state index contributed by atoms with van der Waals surface area (Å²) in [6.45, 7) is 12.5. The highest BCUT2D eigenvalue weighted by Gasteiger charge is 2.53. The summed E-state index contributed by atoms with van der Waals surface area (Å²) in [6.07, 6.45) is -0.693. The van der Waals surface area contributed by atoms with E-state index in [9.17, 15) is 28.7 Å². The van der Waals surface area contributed by atoms with Crippen molar-refractivity contribution < 1.29 is 38.1 Å². The number of hydrogen-bond donors (Lipinski definition) is 3. The maximum Gasteiger partial charge on any atom is 0.309 e. The zero-order valence-electron chi connectivity index (χ0n) is 27.6. The van der Waals surface area contributed by atoms with Crippen LogP contribution < -0.4 is 15.4 Å². The number of aliphatic hydroxyl groups is 1. The van der Waals surface area contributed by atoms with Crippen LogP contribution in [0.4, 0.5) is 4.39 Å². The van der Waals surface area contributed by atoms with Gasteiger partial charge < -0.3 is 30.1 Å². The molecule has 2 aromatic rings. The van der Waals surface area contributed by atoms with Crippen molar-refractivity contribution in [2.24, 2.45) is 5.41 Å². The Balaban J connectivity index is 1.48. The highest BCUT2D eigenvalue weighted by molar-refractivity contribution is 7.13. The van der Waals surface area contributed by atoms with Gasteiger partial charge >= 0.3 is 5.97 Å². The molecule has 1 aromatic heterocycles. The average Bonchev–Trinajstić information content (AvgIpc) is 3.36. The van der Waals surface area contributed by atoms with Gasteiger partial charge in [0.15, 0.2) is 5.67 Å². The molecule has 1 aliphatic heterocycles. The van der Waals surface area contributed by atoms with E-state index in [2.05, 4.69) is 15.6 Å². The van der Waals surface area contributed by atoms with E-state index in [0.29, 0.717) is 11.3 Å². The molecule has 3 atom stereocenters. The van der Waals surface area contributed by atoms with Crippen LogP contribution in [-0.4, -0.2) is 81.3 Å². The van der Waals surface area contributed by atoms with Crippen LogP contribution in [0.1, 0.15) is 78.5 Å². The Morgan fingerprint density at radius 2 is 1.87 bits per heavy atom. The van der Waals surface area contributed by atoms with Crippen molar-refractivity contribution in [1.29, 1.82) is 0 Å². The molecule has 1 aromatic carbocycles. The number of ether oxygens (including phenoxy) is 2. The van der Waals surface area contributed by atoms with E-state index in [-0.39, 0.29) is 45.4 Å². The lowest BCUT2D eigenvalue weighted by atomic mass is 9.85. The summed E-state index contributed by atoms with van der Waals surface area (Å²) >= 11 is 1.48. The lowest BCUT2D eigenvalue weighted by molar-refractivity contribution is -0.155. The summed E-state index contributed by atoms with van der Waals surface area (Å²) in [5.74, 6) is -1.82. The summed E-state index contributed by atoms with van der Waals surface area (Å²) in [6, 6.07) is 3.45. The van der Waals surface area contributed by atoms with Gasteiger partial charge in [0.05, 0.1) is 35.2 Å². The number of nitrogens with zero attached hydrogens (tertiary/aromatic N) is 2. The fourth-order valence-corrected chi connectivity index (χ4v) is 6.01. The second kappa shape index (κ2) is 13.6. The van der Waals surface area contributed by atoms with Crippen LogP contribution in [0.2, 0.25) is 0 Å². The molecule has 11 nitrogen and oxygen atoms in total. The van der Waals surface area contributed by atoms with E-state index in [1.165, 1.54) is 16.2 Å². The summed E-state index contributed by atoms with van der Waals surface area (Å²) < 4.78 is 25.9. The number of aliphatic hydroxyl groups excluding tert-OH is 1. The van der Waals surface area contributed by atoms with Gasteiger partial charge in [0.2, 0.25) is 11.8 Å². The number of thiazole rings is 1. The van der Waals surface area contributed by atoms with Crippen LogP contribution in [0.5, 0.6) is 5.75 Å². The number of esters is 1. The smallest absolute Gasteiger partial charge is 0.309 e. The van der Waals surface area contributed by atoms with Gasteiger partial charge in [0.25, 0.3) is 5.91 Å². The largest absolute Gasteiger partial charge is 0.493 e. The van der Waals surface area contributed by atoms with Crippen molar-refractivity contribution in [3.8, 4) is 16.2 Å². The fourth-order valence-electron chi connectivity index (χ4n) is 5.21. The molecule has 252 valence electrons. The van der Waals surface area contributed by atoms with Gasteiger partial charge in [0.1, 0.15) is 23.4 Å². The number of benzene rings is 1. The van der Waals surface area contributed by atoms with Gasteiger partial charge in [-0.2, -0.15) is 0 Å². The Labute approximate surface area is 273 Å². The standard InChI is InChI=1S/C33H45FN4O7S/c1-19-26(46-18-36-19)20-8-9-21(24(14-20)44-13-10-25(40)45-32(5,6)7)16-35-28(41)23-15-22(39)17-38(23)29(42)27(31(2,3)4)37-30(43)33(34)11-12-33/h8-9,14,18,22-23,27,39H,10-13,15-17H2,1-7H3,(H,35,41)(H,37,43)/t22-,23+,27?/m1/s1. The van der Waals surface area contributed by atoms with Gasteiger partial charge in [-0.15, -0.1) is 11.3 Å². The Morgan fingerprint density at radius 1 is 1.17 bits per heavy atom. The minimum atomic E-state index is -1.97. The van der Waals surface area contributed by atoms with Crippen LogP contribution in [0.3, 0.4) is 0 Å². The van der Waals surface area contributed by atoms with E-state index in [1.807, 2.05) is 25.1 Å². The summed E-state index contributed by atoms with van der Waals surface area (Å²) in [7, 11) is 0. The zero-order chi connectivity index (χ0) is 34.0. The van der Waals surface area contributed by atoms with Gasteiger partial charge in [-0.1, -0.05) is 32.9 Å². The molecule has 1 aliphatic carbocycles. The van der Waals surface area contributed by atoms with Gasteiger partial charge in [-0.05, 0) is 57.6 Å². The van der Waals surface area contributed by atoms with Crippen molar-refractivity contribution in [2.75, 3.05) is 13.2 Å². The van der Waals surface area contributed by atoms with E-state index in [4.69, 9.17) is 9.47 Å². The van der Waals surface area contributed by atoms with Crippen molar-refractivity contribution in [1.82, 2.24) is 20.5 Å². The van der Waals surface area contributed by atoms with Crippen molar-refractivity contribution >= 4 is 35.0 Å². The highest BCUT2D eigenvalue weighted by Crippen LogP contribution is 2.40. The Bertz CT molecular complexity index is 1460. The van der Waals surface area contributed by atoms with Crippen molar-refractivity contribution in [3.05, 3.63) is 35.0 Å². The number of β-amino-alcohol motifs (C(OH)–C–C–N with tert-alkyl or cyclic N) is 1. The molecule has 0 spiro atoms. The first-order valence-electron chi connectivity index (χ1n) is 15.5. The normalized spacial score (nSPS) is 19.7. The first-order chi connectivity index (χ1) is 21.4. The zero-order valence-corrected chi connectivity index (χ0v) is 28.4. The molecule has 1 unspecified atom stereocenters. The average molecular weight is 661 g/mol. The third kappa shape index (κ3) is 8.81. The number of alkyl halides is 1. The predicted octanol–water partition coefficient (Wildman–Crippen LogP) is 3.84. The Kier molecular flexibility index (Phi) is 10.5. The molecule has 2 fully saturated rings. The quantitative estimate of drug-likeness (QED) is 0.308. The SMILES string of the molecule is Cc1ncsc1-c1ccc(CNC(=O)[C@@H]2C[C@@H](O)CN2C(=O)C(NC(=O)C2(F)CC2)C(C)(C)C)c(OCCC(=O)OC(C)(C)C)c1. The molecule has 0 radical (unpaired) electrons. The molecule has 46 heavy (non-hydrogen) atoms. The first kappa shape index (κ1) is 35.3.